The van der Waals surface area contributed by atoms with Crippen molar-refractivity contribution in [3.63, 3.8) is 0 Å². The van der Waals surface area contributed by atoms with Crippen molar-refractivity contribution in [2.75, 3.05) is 0 Å². The maximum Gasteiger partial charge on any atom is 0.335 e. The van der Waals surface area contributed by atoms with E-state index in [4.69, 9.17) is 10.2 Å². The Morgan fingerprint density at radius 3 is 2.58 bits per heavy atom. The first-order valence-corrected chi connectivity index (χ1v) is 5.98. The third kappa shape index (κ3) is 2.74. The number of carboxylic acids is 1. The van der Waals surface area contributed by atoms with Crippen LogP contribution in [-0.4, -0.2) is 39.4 Å². The topological polar surface area (TPSA) is 107 Å². The number of hydrogen-bond donors (Lipinski definition) is 4. The molecule has 0 aliphatic heterocycles. The fourth-order valence-electron chi connectivity index (χ4n) is 2.24. The number of fused-ring (bicyclic) bond motifs is 1. The first-order valence-electron chi connectivity index (χ1n) is 5.98. The van der Waals surface area contributed by atoms with Crippen LogP contribution in [0.4, 0.5) is 0 Å². The summed E-state index contributed by atoms with van der Waals surface area (Å²) in [7, 11) is 0. The Labute approximate surface area is 109 Å². The molecule has 1 unspecified atom stereocenters. The van der Waals surface area contributed by atoms with E-state index in [2.05, 4.69) is 5.32 Å². The van der Waals surface area contributed by atoms with Crippen molar-refractivity contribution >= 4 is 11.9 Å². The zero-order valence-electron chi connectivity index (χ0n) is 10.1. The Bertz CT molecular complexity index is 502. The molecule has 1 amide bonds. The number of amides is 1. The molecule has 102 valence electrons. The molecule has 3 atom stereocenters. The smallest absolute Gasteiger partial charge is 0.335 e. The molecule has 0 radical (unpaired) electrons. The fourth-order valence-corrected chi connectivity index (χ4v) is 2.24. The monoisotopic (exact) mass is 265 g/mol. The summed E-state index contributed by atoms with van der Waals surface area (Å²) in [5.74, 6) is -2.51. The van der Waals surface area contributed by atoms with Crippen molar-refractivity contribution in [2.45, 2.75) is 31.1 Å². The van der Waals surface area contributed by atoms with Crippen molar-refractivity contribution in [1.29, 1.82) is 0 Å². The van der Waals surface area contributed by atoms with Gasteiger partial charge in [0.1, 0.15) is 0 Å². The van der Waals surface area contributed by atoms with Gasteiger partial charge in [-0.25, -0.2) is 4.79 Å². The normalized spacial score (nSPS) is 20.4. The number of carbonyl (C=O) groups is 2. The SMILES string of the molecule is O=C(O)[C@@H](O)[C@@H](O)C(=O)NC1CCc2ccccc21. The third-order valence-electron chi connectivity index (χ3n) is 3.27. The molecule has 0 saturated carbocycles. The number of aryl methyl sites for hydroxylation is 1. The molecule has 1 aliphatic carbocycles. The van der Waals surface area contributed by atoms with E-state index in [0.717, 1.165) is 17.5 Å². The van der Waals surface area contributed by atoms with Gasteiger partial charge in [-0.1, -0.05) is 24.3 Å². The van der Waals surface area contributed by atoms with E-state index in [-0.39, 0.29) is 6.04 Å². The Morgan fingerprint density at radius 1 is 1.21 bits per heavy atom. The van der Waals surface area contributed by atoms with E-state index < -0.39 is 24.1 Å². The molecule has 1 aliphatic rings. The predicted molar refractivity (Wildman–Crippen MR) is 65.3 cm³/mol. The minimum atomic E-state index is -2.11. The van der Waals surface area contributed by atoms with Gasteiger partial charge < -0.3 is 20.6 Å². The van der Waals surface area contributed by atoms with Gasteiger partial charge in [0, 0.05) is 0 Å². The molecule has 4 N–H and O–H groups in total. The van der Waals surface area contributed by atoms with E-state index in [0.29, 0.717) is 6.42 Å². The Morgan fingerprint density at radius 2 is 1.89 bits per heavy atom. The van der Waals surface area contributed by atoms with Crippen LogP contribution < -0.4 is 5.32 Å². The summed E-state index contributed by atoms with van der Waals surface area (Å²) in [5, 5.41) is 29.6. The number of rotatable bonds is 4. The van der Waals surface area contributed by atoms with Crippen LogP contribution in [0.2, 0.25) is 0 Å². The number of aliphatic carboxylic acids is 1. The lowest BCUT2D eigenvalue weighted by atomic mass is 10.1. The van der Waals surface area contributed by atoms with E-state index in [9.17, 15) is 14.7 Å². The second-order valence-electron chi connectivity index (χ2n) is 4.53. The molecule has 6 nitrogen and oxygen atoms in total. The summed E-state index contributed by atoms with van der Waals surface area (Å²) >= 11 is 0. The molecule has 0 saturated heterocycles. The van der Waals surface area contributed by atoms with Crippen molar-refractivity contribution in [3.8, 4) is 0 Å². The van der Waals surface area contributed by atoms with Gasteiger partial charge in [0.25, 0.3) is 5.91 Å². The summed E-state index contributed by atoms with van der Waals surface area (Å²) < 4.78 is 0. The summed E-state index contributed by atoms with van der Waals surface area (Å²) in [6.07, 6.45) is -2.57. The molecule has 6 heteroatoms. The fraction of sp³-hybridized carbons (Fsp3) is 0.385. The zero-order valence-corrected chi connectivity index (χ0v) is 10.1. The first-order chi connectivity index (χ1) is 9.00. The molecule has 2 rings (SSSR count). The van der Waals surface area contributed by atoms with Gasteiger partial charge in [-0.15, -0.1) is 0 Å². The Balaban J connectivity index is 2.03. The van der Waals surface area contributed by atoms with Gasteiger partial charge in [0.15, 0.2) is 12.2 Å². The highest BCUT2D eigenvalue weighted by Gasteiger charge is 2.32. The van der Waals surface area contributed by atoms with Crippen LogP contribution in [0.5, 0.6) is 0 Å². The number of carboxylic acid groups (broad SMARTS) is 1. The number of nitrogens with one attached hydrogen (secondary N) is 1. The number of aliphatic hydroxyl groups is 2. The number of aliphatic hydroxyl groups excluding tert-OH is 2. The molecule has 1 aromatic carbocycles. The Hall–Kier alpha value is -1.92. The van der Waals surface area contributed by atoms with Crippen LogP contribution in [-0.2, 0) is 16.0 Å². The average molecular weight is 265 g/mol. The quantitative estimate of drug-likeness (QED) is 0.592. The third-order valence-corrected chi connectivity index (χ3v) is 3.27. The molecule has 19 heavy (non-hydrogen) atoms. The summed E-state index contributed by atoms with van der Waals surface area (Å²) in [5.41, 5.74) is 2.09. The molecular formula is C13H15NO5. The van der Waals surface area contributed by atoms with Crippen molar-refractivity contribution in [3.05, 3.63) is 35.4 Å². The van der Waals surface area contributed by atoms with E-state index in [1.807, 2.05) is 24.3 Å². The highest BCUT2D eigenvalue weighted by atomic mass is 16.4. The highest BCUT2D eigenvalue weighted by molar-refractivity contribution is 5.87. The molecule has 0 aromatic heterocycles. The summed E-state index contributed by atoms with van der Waals surface area (Å²) in [4.78, 5) is 22.2. The first kappa shape index (κ1) is 13.5. The number of hydrogen-bond acceptors (Lipinski definition) is 4. The second kappa shape index (κ2) is 5.38. The van der Waals surface area contributed by atoms with E-state index in [1.54, 1.807) is 0 Å². The molecule has 0 spiro atoms. The van der Waals surface area contributed by atoms with Crippen molar-refractivity contribution in [2.24, 2.45) is 0 Å². The van der Waals surface area contributed by atoms with Gasteiger partial charge in [-0.2, -0.15) is 0 Å². The van der Waals surface area contributed by atoms with Crippen molar-refractivity contribution < 1.29 is 24.9 Å². The van der Waals surface area contributed by atoms with Gasteiger partial charge >= 0.3 is 5.97 Å². The average Bonchev–Trinajstić information content (AvgIpc) is 2.80. The van der Waals surface area contributed by atoms with E-state index >= 15 is 0 Å². The lowest BCUT2D eigenvalue weighted by molar-refractivity contribution is -0.158. The Kier molecular flexibility index (Phi) is 3.82. The summed E-state index contributed by atoms with van der Waals surface area (Å²) in [6, 6.07) is 7.36. The maximum absolute atomic E-state index is 11.7. The van der Waals surface area contributed by atoms with Crippen molar-refractivity contribution in [1.82, 2.24) is 5.32 Å². The van der Waals surface area contributed by atoms with Crippen LogP contribution in [0.1, 0.15) is 23.6 Å². The van der Waals surface area contributed by atoms with Crippen LogP contribution in [0.15, 0.2) is 24.3 Å². The summed E-state index contributed by atoms with van der Waals surface area (Å²) in [6.45, 7) is 0. The zero-order chi connectivity index (χ0) is 14.0. The largest absolute Gasteiger partial charge is 0.479 e. The molecule has 0 bridgehead atoms. The second-order valence-corrected chi connectivity index (χ2v) is 4.53. The van der Waals surface area contributed by atoms with Gasteiger partial charge in [-0.05, 0) is 24.0 Å². The van der Waals surface area contributed by atoms with Gasteiger partial charge in [0.05, 0.1) is 6.04 Å². The van der Waals surface area contributed by atoms with Gasteiger partial charge in [-0.3, -0.25) is 4.79 Å². The molecule has 0 heterocycles. The molecular weight excluding hydrogens is 250 g/mol. The minimum Gasteiger partial charge on any atom is -0.479 e. The van der Waals surface area contributed by atoms with Gasteiger partial charge in [0.2, 0.25) is 0 Å². The van der Waals surface area contributed by atoms with Crippen LogP contribution in [0, 0.1) is 0 Å². The standard InChI is InChI=1S/C13H15NO5/c15-10(11(16)13(18)19)12(17)14-9-6-5-7-3-1-2-4-8(7)9/h1-4,9-11,15-16H,5-6H2,(H,14,17)(H,18,19)/t9?,10-,11+/m1/s1. The maximum atomic E-state index is 11.7. The number of benzene rings is 1. The lowest BCUT2D eigenvalue weighted by Gasteiger charge is -2.18. The molecule has 1 aromatic rings. The minimum absolute atomic E-state index is 0.251. The highest BCUT2D eigenvalue weighted by Crippen LogP contribution is 2.30. The lowest BCUT2D eigenvalue weighted by Crippen LogP contribution is -2.46. The predicted octanol–water partition coefficient (Wildman–Crippen LogP) is -0.403. The van der Waals surface area contributed by atoms with Crippen LogP contribution >= 0.6 is 0 Å². The molecule has 0 fully saturated rings. The van der Waals surface area contributed by atoms with E-state index in [1.165, 1.54) is 0 Å². The van der Waals surface area contributed by atoms with Crippen LogP contribution in [0.3, 0.4) is 0 Å². The number of carbonyl (C=O) groups excluding carboxylic acids is 1. The van der Waals surface area contributed by atoms with Crippen LogP contribution in [0.25, 0.3) is 0 Å².